The van der Waals surface area contributed by atoms with E-state index in [1.165, 1.54) is 16.4 Å². The number of rotatable bonds is 6. The van der Waals surface area contributed by atoms with Crippen molar-refractivity contribution in [2.24, 2.45) is 0 Å². The lowest BCUT2D eigenvalue weighted by Crippen LogP contribution is -2.45. The van der Waals surface area contributed by atoms with Gasteiger partial charge in [0.25, 0.3) is 5.56 Å². The van der Waals surface area contributed by atoms with Gasteiger partial charge in [0.05, 0.1) is 10.9 Å². The summed E-state index contributed by atoms with van der Waals surface area (Å²) in [6.45, 7) is 1.56. The van der Waals surface area contributed by atoms with Gasteiger partial charge in [-0.2, -0.15) is 0 Å². The number of carboxylic acid groups (broad SMARTS) is 1. The fourth-order valence-electron chi connectivity index (χ4n) is 3.01. The Kier molecular flexibility index (Phi) is 4.43. The molecule has 1 amide bonds. The Labute approximate surface area is 142 Å². The van der Waals surface area contributed by atoms with Gasteiger partial charge in [-0.25, -0.2) is 9.59 Å². The fraction of sp³-hybridized carbons (Fsp3) is 0.412. The molecule has 0 bridgehead atoms. The number of hydrogen-bond donors (Lipinski definition) is 2. The van der Waals surface area contributed by atoms with Gasteiger partial charge in [0, 0.05) is 19.0 Å². The Morgan fingerprint density at radius 2 is 2.00 bits per heavy atom. The number of amides is 1. The molecule has 25 heavy (non-hydrogen) atoms. The quantitative estimate of drug-likeness (QED) is 0.794. The van der Waals surface area contributed by atoms with Crippen LogP contribution in [0, 0.1) is 0 Å². The van der Waals surface area contributed by atoms with Crippen LogP contribution in [0.2, 0.25) is 0 Å². The lowest BCUT2D eigenvalue weighted by molar-refractivity contribution is -0.150. The fourth-order valence-corrected chi connectivity index (χ4v) is 3.01. The summed E-state index contributed by atoms with van der Waals surface area (Å²) >= 11 is 0. The zero-order chi connectivity index (χ0) is 18.1. The maximum atomic E-state index is 12.5. The molecular weight excluding hydrogens is 326 g/mol. The highest BCUT2D eigenvalue weighted by Crippen LogP contribution is 2.29. The first-order chi connectivity index (χ1) is 11.9. The molecule has 0 saturated heterocycles. The van der Waals surface area contributed by atoms with Gasteiger partial charge in [-0.05, 0) is 31.9 Å². The number of fused-ring (bicyclic) bond motifs is 1. The zero-order valence-electron chi connectivity index (χ0n) is 13.8. The van der Waals surface area contributed by atoms with E-state index in [1.54, 1.807) is 24.3 Å². The molecule has 0 aliphatic heterocycles. The summed E-state index contributed by atoms with van der Waals surface area (Å²) in [4.78, 5) is 51.4. The van der Waals surface area contributed by atoms with E-state index in [9.17, 15) is 24.3 Å². The largest absolute Gasteiger partial charge is 0.480 e. The lowest BCUT2D eigenvalue weighted by atomic mass is 10.2. The molecule has 1 unspecified atom stereocenters. The Balaban J connectivity index is 1.85. The maximum absolute atomic E-state index is 12.5. The number of benzene rings is 1. The first-order valence-electron chi connectivity index (χ1n) is 8.16. The molecule has 1 atom stereocenters. The summed E-state index contributed by atoms with van der Waals surface area (Å²) in [5, 5.41) is 9.56. The van der Waals surface area contributed by atoms with Crippen LogP contribution in [-0.4, -0.2) is 43.5 Å². The van der Waals surface area contributed by atoms with Gasteiger partial charge in [0.15, 0.2) is 0 Å². The molecule has 2 aromatic rings. The van der Waals surface area contributed by atoms with E-state index in [0.29, 0.717) is 10.9 Å². The summed E-state index contributed by atoms with van der Waals surface area (Å²) < 4.78 is 1.34. The molecule has 1 aliphatic rings. The standard InChI is InChI=1S/C17H19N3O5/c1-10(16(23)24)20(11-6-7-11)14(21)8-9-19-13-5-3-2-4-12(13)15(22)18-17(19)25/h2-5,10-11H,6-9H2,1H3,(H,23,24)(H,18,22,25). The first kappa shape index (κ1) is 16.9. The van der Waals surface area contributed by atoms with Crippen molar-refractivity contribution in [3.05, 3.63) is 45.1 Å². The van der Waals surface area contributed by atoms with Crippen LogP contribution in [0.5, 0.6) is 0 Å². The zero-order valence-corrected chi connectivity index (χ0v) is 13.8. The molecule has 0 radical (unpaired) electrons. The number of carbonyl (C=O) groups is 2. The van der Waals surface area contributed by atoms with Gasteiger partial charge < -0.3 is 10.0 Å². The van der Waals surface area contributed by atoms with E-state index in [4.69, 9.17) is 0 Å². The number of aryl methyl sites for hydroxylation is 1. The highest BCUT2D eigenvalue weighted by Gasteiger charge is 2.38. The lowest BCUT2D eigenvalue weighted by Gasteiger charge is -2.26. The molecular formula is C17H19N3O5. The molecule has 1 saturated carbocycles. The second kappa shape index (κ2) is 6.54. The average Bonchev–Trinajstić information content (AvgIpc) is 3.39. The molecule has 1 aromatic carbocycles. The number of H-pyrrole nitrogens is 1. The van der Waals surface area contributed by atoms with Crippen molar-refractivity contribution < 1.29 is 14.7 Å². The van der Waals surface area contributed by atoms with E-state index >= 15 is 0 Å². The molecule has 1 aliphatic carbocycles. The summed E-state index contributed by atoms with van der Waals surface area (Å²) in [5.41, 5.74) is -0.601. The Morgan fingerprint density at radius 1 is 1.32 bits per heavy atom. The molecule has 3 rings (SSSR count). The van der Waals surface area contributed by atoms with E-state index < -0.39 is 23.3 Å². The SMILES string of the molecule is CC(C(=O)O)N(C(=O)CCn1c(=O)[nH]c(=O)c2ccccc21)C1CC1. The molecule has 2 N–H and O–H groups in total. The molecule has 0 spiro atoms. The second-order valence-electron chi connectivity index (χ2n) is 6.22. The molecule has 1 fully saturated rings. The number of carbonyl (C=O) groups excluding carboxylic acids is 1. The summed E-state index contributed by atoms with van der Waals surface area (Å²) in [6, 6.07) is 5.72. The van der Waals surface area contributed by atoms with Gasteiger partial charge in [-0.3, -0.25) is 19.1 Å². The minimum Gasteiger partial charge on any atom is -0.480 e. The summed E-state index contributed by atoms with van der Waals surface area (Å²) in [7, 11) is 0. The molecule has 132 valence electrons. The maximum Gasteiger partial charge on any atom is 0.328 e. The van der Waals surface area contributed by atoms with Crippen LogP contribution >= 0.6 is 0 Å². The van der Waals surface area contributed by atoms with Crippen LogP contribution in [-0.2, 0) is 16.1 Å². The van der Waals surface area contributed by atoms with Gasteiger partial charge in [-0.1, -0.05) is 12.1 Å². The van der Waals surface area contributed by atoms with Gasteiger partial charge in [0.1, 0.15) is 6.04 Å². The molecule has 8 nitrogen and oxygen atoms in total. The minimum absolute atomic E-state index is 0.00986. The number of nitrogens with zero attached hydrogens (tertiary/aromatic N) is 2. The smallest absolute Gasteiger partial charge is 0.328 e. The monoisotopic (exact) mass is 345 g/mol. The summed E-state index contributed by atoms with van der Waals surface area (Å²) in [6.07, 6.45) is 1.58. The Hall–Kier alpha value is -2.90. The van der Waals surface area contributed by atoms with Crippen LogP contribution in [0.25, 0.3) is 10.9 Å². The second-order valence-corrected chi connectivity index (χ2v) is 6.22. The number of aromatic nitrogens is 2. The predicted molar refractivity (Wildman–Crippen MR) is 90.4 cm³/mol. The highest BCUT2D eigenvalue weighted by molar-refractivity contribution is 5.84. The van der Waals surface area contributed by atoms with E-state index in [2.05, 4.69) is 4.98 Å². The molecule has 1 heterocycles. The van der Waals surface area contributed by atoms with Crippen molar-refractivity contribution in [3.8, 4) is 0 Å². The first-order valence-corrected chi connectivity index (χ1v) is 8.16. The van der Waals surface area contributed by atoms with Gasteiger partial charge in [0.2, 0.25) is 5.91 Å². The van der Waals surface area contributed by atoms with E-state index in [1.807, 2.05) is 0 Å². The van der Waals surface area contributed by atoms with Crippen molar-refractivity contribution in [3.63, 3.8) is 0 Å². The normalized spacial score (nSPS) is 15.1. The van der Waals surface area contributed by atoms with Crippen LogP contribution in [0.3, 0.4) is 0 Å². The number of aliphatic carboxylic acids is 1. The number of carboxylic acids is 1. The summed E-state index contributed by atoms with van der Waals surface area (Å²) in [5.74, 6) is -1.36. The average molecular weight is 345 g/mol. The third-order valence-corrected chi connectivity index (χ3v) is 4.46. The van der Waals surface area contributed by atoms with Gasteiger partial charge >= 0.3 is 11.7 Å². The van der Waals surface area contributed by atoms with E-state index in [-0.39, 0.29) is 24.9 Å². The topological polar surface area (TPSA) is 112 Å². The Bertz CT molecular complexity index is 941. The van der Waals surface area contributed by atoms with Crippen molar-refractivity contribution in [2.45, 2.75) is 44.8 Å². The van der Waals surface area contributed by atoms with Crippen molar-refractivity contribution in [2.75, 3.05) is 0 Å². The van der Waals surface area contributed by atoms with Crippen molar-refractivity contribution in [1.82, 2.24) is 14.5 Å². The number of para-hydroxylation sites is 1. The van der Waals surface area contributed by atoms with Crippen LogP contribution in [0.1, 0.15) is 26.2 Å². The molecule has 1 aromatic heterocycles. The predicted octanol–water partition coefficient (Wildman–Crippen LogP) is 0.544. The third-order valence-electron chi connectivity index (χ3n) is 4.46. The number of nitrogens with one attached hydrogen (secondary N) is 1. The van der Waals surface area contributed by atoms with E-state index in [0.717, 1.165) is 12.8 Å². The third kappa shape index (κ3) is 3.33. The Morgan fingerprint density at radius 3 is 2.64 bits per heavy atom. The van der Waals surface area contributed by atoms with Crippen LogP contribution < -0.4 is 11.2 Å². The molecule has 8 heteroatoms. The van der Waals surface area contributed by atoms with Crippen LogP contribution in [0.15, 0.2) is 33.9 Å². The van der Waals surface area contributed by atoms with Crippen molar-refractivity contribution in [1.29, 1.82) is 0 Å². The number of hydrogen-bond acceptors (Lipinski definition) is 4. The van der Waals surface area contributed by atoms with Crippen LogP contribution in [0.4, 0.5) is 0 Å². The highest BCUT2D eigenvalue weighted by atomic mass is 16.4. The minimum atomic E-state index is -1.05. The van der Waals surface area contributed by atoms with Crippen molar-refractivity contribution >= 4 is 22.8 Å². The number of aromatic amines is 1. The van der Waals surface area contributed by atoms with Gasteiger partial charge in [-0.15, -0.1) is 0 Å².